The van der Waals surface area contributed by atoms with Gasteiger partial charge in [-0.15, -0.1) is 11.3 Å². The van der Waals surface area contributed by atoms with Gasteiger partial charge in [0.15, 0.2) is 0 Å². The number of nitro benzene ring substituents is 1. The second-order valence-corrected chi connectivity index (χ2v) is 8.69. The molecule has 25 heavy (non-hydrogen) atoms. The van der Waals surface area contributed by atoms with E-state index in [-0.39, 0.29) is 16.3 Å². The van der Waals surface area contributed by atoms with Gasteiger partial charge in [-0.25, -0.2) is 18.5 Å². The van der Waals surface area contributed by atoms with Crippen molar-refractivity contribution < 1.29 is 13.3 Å². The van der Waals surface area contributed by atoms with E-state index < -0.39 is 14.9 Å². The minimum Gasteiger partial charge on any atom is -0.367 e. The number of non-ortho nitro benzene ring substituents is 1. The molecule has 0 spiro atoms. The van der Waals surface area contributed by atoms with Gasteiger partial charge in [0.2, 0.25) is 10.0 Å². The number of nitrogens with zero attached hydrogens (tertiary/aromatic N) is 3. The summed E-state index contributed by atoms with van der Waals surface area (Å²) in [4.78, 5) is 17.9. The Morgan fingerprint density at radius 1 is 1.36 bits per heavy atom. The van der Waals surface area contributed by atoms with E-state index in [1.807, 2.05) is 0 Å². The highest BCUT2D eigenvalue weighted by Gasteiger charge is 2.22. The van der Waals surface area contributed by atoms with E-state index >= 15 is 0 Å². The number of aryl methyl sites for hydroxylation is 2. The molecule has 1 aliphatic carbocycles. The van der Waals surface area contributed by atoms with Gasteiger partial charge < -0.3 is 4.90 Å². The lowest BCUT2D eigenvalue weighted by Gasteiger charge is -2.20. The van der Waals surface area contributed by atoms with Crippen molar-refractivity contribution in [2.75, 3.05) is 11.9 Å². The predicted octanol–water partition coefficient (Wildman–Crippen LogP) is 2.21. The van der Waals surface area contributed by atoms with Crippen molar-refractivity contribution in [1.29, 1.82) is 0 Å². The molecule has 0 atom stereocenters. The third-order valence-electron chi connectivity index (χ3n) is 4.13. The normalized spacial score (nSPS) is 14.2. The molecule has 0 fully saturated rings. The summed E-state index contributed by atoms with van der Waals surface area (Å²) in [5.41, 5.74) is 1.13. The number of thiazole rings is 1. The molecule has 1 aromatic carbocycles. The van der Waals surface area contributed by atoms with E-state index in [1.165, 1.54) is 17.0 Å². The molecule has 0 radical (unpaired) electrons. The first kappa shape index (κ1) is 17.8. The number of primary sulfonamides is 1. The maximum atomic E-state index is 11.8. The third kappa shape index (κ3) is 3.80. The first-order valence-electron chi connectivity index (χ1n) is 7.75. The van der Waals surface area contributed by atoms with Crippen LogP contribution >= 0.6 is 11.3 Å². The van der Waals surface area contributed by atoms with E-state index in [1.54, 1.807) is 23.3 Å². The molecule has 1 aliphatic rings. The van der Waals surface area contributed by atoms with Gasteiger partial charge in [0, 0.05) is 24.1 Å². The number of benzene rings is 1. The molecule has 0 aliphatic heterocycles. The van der Waals surface area contributed by atoms with Gasteiger partial charge in [-0.2, -0.15) is 0 Å². The summed E-state index contributed by atoms with van der Waals surface area (Å²) >= 11 is 1.61. The molecular formula is C15H18N4O4S2. The Bertz CT molecular complexity index is 900. The smallest absolute Gasteiger partial charge is 0.271 e. The maximum Gasteiger partial charge on any atom is 0.271 e. The zero-order valence-corrected chi connectivity index (χ0v) is 15.3. The summed E-state index contributed by atoms with van der Waals surface area (Å²) in [6.45, 7) is 0.362. The second-order valence-electron chi connectivity index (χ2n) is 5.99. The monoisotopic (exact) mass is 382 g/mol. The van der Waals surface area contributed by atoms with Crippen molar-refractivity contribution in [2.24, 2.45) is 5.14 Å². The van der Waals surface area contributed by atoms with Gasteiger partial charge in [-0.05, 0) is 31.7 Å². The van der Waals surface area contributed by atoms with Crippen LogP contribution < -0.4 is 10.0 Å². The molecule has 3 rings (SSSR count). The fourth-order valence-corrected chi connectivity index (χ4v) is 4.89. The highest BCUT2D eigenvalue weighted by molar-refractivity contribution is 7.89. The fraction of sp³-hybridized carbons (Fsp3) is 0.400. The Morgan fingerprint density at radius 3 is 2.72 bits per heavy atom. The molecule has 10 heteroatoms. The molecule has 8 nitrogen and oxygen atoms in total. The van der Waals surface area contributed by atoms with Crippen LogP contribution in [0.15, 0.2) is 23.1 Å². The number of hydrogen-bond acceptors (Lipinski definition) is 7. The van der Waals surface area contributed by atoms with E-state index in [9.17, 15) is 18.5 Å². The Balaban J connectivity index is 1.94. The number of sulfonamides is 1. The summed E-state index contributed by atoms with van der Waals surface area (Å²) in [7, 11) is -2.32. The van der Waals surface area contributed by atoms with Crippen molar-refractivity contribution in [2.45, 2.75) is 37.1 Å². The maximum absolute atomic E-state index is 11.8. The molecule has 0 saturated carbocycles. The van der Waals surface area contributed by atoms with Crippen molar-refractivity contribution in [3.8, 4) is 0 Å². The quantitative estimate of drug-likeness (QED) is 0.625. The molecule has 2 aromatic rings. The lowest BCUT2D eigenvalue weighted by Crippen LogP contribution is -2.22. The van der Waals surface area contributed by atoms with Crippen molar-refractivity contribution >= 4 is 32.7 Å². The fourth-order valence-electron chi connectivity index (χ4n) is 2.92. The molecule has 0 bridgehead atoms. The molecule has 0 saturated heterocycles. The number of nitrogens with two attached hydrogens (primary N) is 1. The van der Waals surface area contributed by atoms with Gasteiger partial charge in [0.05, 0.1) is 22.8 Å². The molecule has 134 valence electrons. The van der Waals surface area contributed by atoms with Crippen LogP contribution in [0.3, 0.4) is 0 Å². The van der Waals surface area contributed by atoms with E-state index in [4.69, 9.17) is 5.14 Å². The summed E-state index contributed by atoms with van der Waals surface area (Å²) in [5.74, 6) is 0. The molecule has 2 N–H and O–H groups in total. The number of hydrogen-bond donors (Lipinski definition) is 1. The lowest BCUT2D eigenvalue weighted by molar-refractivity contribution is -0.384. The summed E-state index contributed by atoms with van der Waals surface area (Å²) in [5, 5.41) is 17.1. The minimum absolute atomic E-state index is 0.137. The summed E-state index contributed by atoms with van der Waals surface area (Å²) in [6, 6.07) is 3.54. The predicted molar refractivity (Wildman–Crippen MR) is 95.3 cm³/mol. The van der Waals surface area contributed by atoms with Crippen LogP contribution in [-0.2, 0) is 29.4 Å². The lowest BCUT2D eigenvalue weighted by atomic mass is 10.0. The minimum atomic E-state index is -4.00. The van der Waals surface area contributed by atoms with Gasteiger partial charge in [-0.3, -0.25) is 10.1 Å². The molecular weight excluding hydrogens is 364 g/mol. The van der Waals surface area contributed by atoms with E-state index in [0.29, 0.717) is 6.54 Å². The zero-order chi connectivity index (χ0) is 18.2. The average Bonchev–Trinajstić information content (AvgIpc) is 2.95. The van der Waals surface area contributed by atoms with Crippen LogP contribution in [-0.4, -0.2) is 25.4 Å². The third-order valence-corrected chi connectivity index (χ3v) is 6.23. The molecule has 0 unspecified atom stereocenters. The topological polar surface area (TPSA) is 119 Å². The van der Waals surface area contributed by atoms with Crippen LogP contribution in [0.2, 0.25) is 0 Å². The SMILES string of the molecule is CN(Cc1nc2c(s1)CCCC2)c1cc([N+](=O)[O-])ccc1S(N)(=O)=O. The number of nitro groups is 1. The Hall–Kier alpha value is -2.04. The van der Waals surface area contributed by atoms with E-state index in [2.05, 4.69) is 4.98 Å². The highest BCUT2D eigenvalue weighted by atomic mass is 32.2. The van der Waals surface area contributed by atoms with Crippen molar-refractivity contribution in [3.05, 3.63) is 43.9 Å². The molecule has 1 aromatic heterocycles. The van der Waals surface area contributed by atoms with Crippen molar-refractivity contribution in [1.82, 2.24) is 4.98 Å². The van der Waals surface area contributed by atoms with Gasteiger partial charge in [-0.1, -0.05) is 0 Å². The van der Waals surface area contributed by atoms with Crippen LogP contribution in [0.1, 0.15) is 28.4 Å². The van der Waals surface area contributed by atoms with Crippen LogP contribution in [0.4, 0.5) is 11.4 Å². The summed E-state index contributed by atoms with van der Waals surface area (Å²) < 4.78 is 23.6. The van der Waals surface area contributed by atoms with Gasteiger partial charge in [0.1, 0.15) is 9.90 Å². The zero-order valence-electron chi connectivity index (χ0n) is 13.6. The Labute approximate surface area is 149 Å². The number of aromatic nitrogens is 1. The number of anilines is 1. The van der Waals surface area contributed by atoms with Gasteiger partial charge >= 0.3 is 0 Å². The van der Waals surface area contributed by atoms with Crippen LogP contribution in [0.25, 0.3) is 0 Å². The highest BCUT2D eigenvalue weighted by Crippen LogP contribution is 2.31. The van der Waals surface area contributed by atoms with E-state index in [0.717, 1.165) is 42.5 Å². The first-order chi connectivity index (χ1) is 11.8. The molecule has 1 heterocycles. The number of fused-ring (bicyclic) bond motifs is 1. The first-order valence-corrected chi connectivity index (χ1v) is 10.1. The molecule has 0 amide bonds. The summed E-state index contributed by atoms with van der Waals surface area (Å²) in [6.07, 6.45) is 4.28. The van der Waals surface area contributed by atoms with Crippen LogP contribution in [0.5, 0.6) is 0 Å². The standard InChI is InChI=1S/C15H18N4O4S2/c1-18(9-15-17-11-4-2-3-5-13(11)24-15)12-8-10(19(20)21)6-7-14(12)25(16,22)23/h6-8H,2-5,9H2,1H3,(H2,16,22,23). The second kappa shape index (κ2) is 6.70. The van der Waals surface area contributed by atoms with Gasteiger partial charge in [0.25, 0.3) is 5.69 Å². The largest absolute Gasteiger partial charge is 0.367 e. The Kier molecular flexibility index (Phi) is 4.76. The van der Waals surface area contributed by atoms with Crippen molar-refractivity contribution in [3.63, 3.8) is 0 Å². The average molecular weight is 382 g/mol. The number of rotatable bonds is 5. The van der Waals surface area contributed by atoms with Crippen LogP contribution in [0, 0.1) is 10.1 Å². The Morgan fingerprint density at radius 2 is 2.08 bits per heavy atom.